The first-order chi connectivity index (χ1) is 15.8. The number of methoxy groups -OCH3 is 1. The maximum atomic E-state index is 12.7. The highest BCUT2D eigenvalue weighted by molar-refractivity contribution is 7.89. The Bertz CT molecular complexity index is 1190. The third-order valence-corrected chi connectivity index (χ3v) is 6.58. The molecule has 1 atom stereocenters. The first-order valence-corrected chi connectivity index (χ1v) is 11.9. The number of benzene rings is 3. The second kappa shape index (κ2) is 10.9. The van der Waals surface area contributed by atoms with Gasteiger partial charge < -0.3 is 10.1 Å². The predicted octanol–water partition coefficient (Wildman–Crippen LogP) is 3.47. The number of hydrogen-bond acceptors (Lipinski definition) is 5. The van der Waals surface area contributed by atoms with Crippen molar-refractivity contribution < 1.29 is 22.7 Å². The fraction of sp³-hybridized carbons (Fsp3) is 0.200. The maximum absolute atomic E-state index is 12.7. The van der Waals surface area contributed by atoms with Gasteiger partial charge in [-0.05, 0) is 42.3 Å². The van der Waals surface area contributed by atoms with Crippen LogP contribution in [-0.4, -0.2) is 33.8 Å². The largest absolute Gasteiger partial charge is 0.497 e. The lowest BCUT2D eigenvalue weighted by Crippen LogP contribution is -2.33. The molecule has 0 aromatic heterocycles. The number of Topliss-reactive ketones (excluding diaryl/α,β-unsaturated/α-hetero) is 1. The first kappa shape index (κ1) is 24.2. The van der Waals surface area contributed by atoms with E-state index < -0.39 is 10.0 Å². The molecule has 8 heteroatoms. The Morgan fingerprint density at radius 1 is 0.879 bits per heavy atom. The van der Waals surface area contributed by atoms with Crippen LogP contribution >= 0.6 is 0 Å². The summed E-state index contributed by atoms with van der Waals surface area (Å²) in [5.74, 6) is 0.269. The van der Waals surface area contributed by atoms with Gasteiger partial charge in [0.15, 0.2) is 5.78 Å². The lowest BCUT2D eigenvalue weighted by atomic mass is 9.98. The van der Waals surface area contributed by atoms with Crippen LogP contribution in [0.1, 0.15) is 40.9 Å². The summed E-state index contributed by atoms with van der Waals surface area (Å²) >= 11 is 0. The molecule has 172 valence electrons. The van der Waals surface area contributed by atoms with Crippen LogP contribution in [0.4, 0.5) is 0 Å². The van der Waals surface area contributed by atoms with E-state index in [-0.39, 0.29) is 35.6 Å². The second-order valence-electron chi connectivity index (χ2n) is 7.41. The SMILES string of the molecule is COc1ccc(C(NC(=O)CCNS(=O)(=O)c2ccc(C(C)=O)cc2)c2ccccc2)cc1. The van der Waals surface area contributed by atoms with Crippen molar-refractivity contribution in [3.8, 4) is 5.75 Å². The minimum Gasteiger partial charge on any atom is -0.497 e. The van der Waals surface area contributed by atoms with E-state index in [0.717, 1.165) is 11.1 Å². The van der Waals surface area contributed by atoms with Gasteiger partial charge in [0.25, 0.3) is 0 Å². The number of carbonyl (C=O) groups is 2. The maximum Gasteiger partial charge on any atom is 0.240 e. The number of amides is 1. The van der Waals surface area contributed by atoms with Crippen molar-refractivity contribution in [2.45, 2.75) is 24.3 Å². The average Bonchev–Trinajstić information content (AvgIpc) is 2.83. The molecule has 3 aromatic carbocycles. The van der Waals surface area contributed by atoms with Crippen molar-refractivity contribution in [3.63, 3.8) is 0 Å². The molecule has 3 rings (SSSR count). The molecule has 1 amide bonds. The summed E-state index contributed by atoms with van der Waals surface area (Å²) in [5, 5.41) is 2.98. The first-order valence-electron chi connectivity index (χ1n) is 10.4. The number of nitrogens with one attached hydrogen (secondary N) is 2. The molecule has 0 saturated carbocycles. The summed E-state index contributed by atoms with van der Waals surface area (Å²) in [6.45, 7) is 1.35. The van der Waals surface area contributed by atoms with Gasteiger partial charge in [0.05, 0.1) is 18.0 Å². The topological polar surface area (TPSA) is 102 Å². The summed E-state index contributed by atoms with van der Waals surface area (Å²) in [6, 6.07) is 22.2. The summed E-state index contributed by atoms with van der Waals surface area (Å²) in [5.41, 5.74) is 2.21. The van der Waals surface area contributed by atoms with Gasteiger partial charge in [-0.15, -0.1) is 0 Å². The number of ether oxygens (including phenoxy) is 1. The quantitative estimate of drug-likeness (QED) is 0.446. The van der Waals surface area contributed by atoms with E-state index in [2.05, 4.69) is 10.0 Å². The van der Waals surface area contributed by atoms with Gasteiger partial charge in [0.1, 0.15) is 5.75 Å². The van der Waals surface area contributed by atoms with Gasteiger partial charge in [-0.2, -0.15) is 0 Å². The Labute approximate surface area is 193 Å². The zero-order chi connectivity index (χ0) is 23.8. The number of rotatable bonds is 10. The van der Waals surface area contributed by atoms with Crippen LogP contribution in [0.25, 0.3) is 0 Å². The second-order valence-corrected chi connectivity index (χ2v) is 9.18. The Kier molecular flexibility index (Phi) is 7.97. The van der Waals surface area contributed by atoms with Gasteiger partial charge >= 0.3 is 0 Å². The van der Waals surface area contributed by atoms with Gasteiger partial charge in [-0.3, -0.25) is 9.59 Å². The van der Waals surface area contributed by atoms with Crippen molar-refractivity contribution in [2.75, 3.05) is 13.7 Å². The van der Waals surface area contributed by atoms with Crippen molar-refractivity contribution in [2.24, 2.45) is 0 Å². The highest BCUT2D eigenvalue weighted by Gasteiger charge is 2.18. The van der Waals surface area contributed by atoms with Crippen LogP contribution in [0.5, 0.6) is 5.75 Å². The molecule has 0 aliphatic carbocycles. The van der Waals surface area contributed by atoms with E-state index >= 15 is 0 Å². The third kappa shape index (κ3) is 6.50. The van der Waals surface area contributed by atoms with E-state index in [0.29, 0.717) is 11.3 Å². The molecular formula is C25H26N2O5S. The Morgan fingerprint density at radius 2 is 1.48 bits per heavy atom. The van der Waals surface area contributed by atoms with Crippen LogP contribution in [-0.2, 0) is 14.8 Å². The van der Waals surface area contributed by atoms with E-state index in [9.17, 15) is 18.0 Å². The van der Waals surface area contributed by atoms with Crippen molar-refractivity contribution in [1.82, 2.24) is 10.0 Å². The Hall–Kier alpha value is -3.49. The predicted molar refractivity (Wildman–Crippen MR) is 126 cm³/mol. The zero-order valence-corrected chi connectivity index (χ0v) is 19.3. The standard InChI is InChI=1S/C25H26N2O5S/c1-18(28)19-10-14-23(15-11-19)33(30,31)26-17-16-24(29)27-25(20-6-4-3-5-7-20)21-8-12-22(32-2)13-9-21/h3-15,25-26H,16-17H2,1-2H3,(H,27,29). The summed E-state index contributed by atoms with van der Waals surface area (Å²) in [4.78, 5) is 24.1. The number of hydrogen-bond donors (Lipinski definition) is 2. The number of ketones is 1. The van der Waals surface area contributed by atoms with Crippen LogP contribution < -0.4 is 14.8 Å². The molecule has 0 spiro atoms. The summed E-state index contributed by atoms with van der Waals surface area (Å²) in [7, 11) is -2.21. The van der Waals surface area contributed by atoms with E-state index in [4.69, 9.17) is 4.74 Å². The van der Waals surface area contributed by atoms with Crippen LogP contribution in [0.15, 0.2) is 83.8 Å². The van der Waals surface area contributed by atoms with Crippen molar-refractivity contribution >= 4 is 21.7 Å². The highest BCUT2D eigenvalue weighted by atomic mass is 32.2. The van der Waals surface area contributed by atoms with Crippen molar-refractivity contribution in [3.05, 3.63) is 95.6 Å². The summed E-state index contributed by atoms with van der Waals surface area (Å²) in [6.07, 6.45) is -0.0375. The van der Waals surface area contributed by atoms with Gasteiger partial charge in [0, 0.05) is 18.5 Å². The number of carbonyl (C=O) groups excluding carboxylic acids is 2. The number of sulfonamides is 1. The molecule has 1 unspecified atom stereocenters. The van der Waals surface area contributed by atoms with Gasteiger partial charge in [-0.25, -0.2) is 13.1 Å². The minimum atomic E-state index is -3.79. The molecule has 33 heavy (non-hydrogen) atoms. The van der Waals surface area contributed by atoms with E-state index in [1.54, 1.807) is 7.11 Å². The molecule has 0 aliphatic heterocycles. The van der Waals surface area contributed by atoms with Crippen LogP contribution in [0.3, 0.4) is 0 Å². The normalized spacial score (nSPS) is 12.1. The lowest BCUT2D eigenvalue weighted by Gasteiger charge is -2.20. The molecule has 0 heterocycles. The molecule has 2 N–H and O–H groups in total. The molecule has 0 radical (unpaired) electrons. The monoisotopic (exact) mass is 466 g/mol. The Balaban J connectivity index is 1.64. The average molecular weight is 467 g/mol. The van der Waals surface area contributed by atoms with E-state index in [1.165, 1.54) is 31.2 Å². The molecule has 3 aromatic rings. The molecular weight excluding hydrogens is 440 g/mol. The van der Waals surface area contributed by atoms with Gasteiger partial charge in [-0.1, -0.05) is 54.6 Å². The molecule has 0 bridgehead atoms. The highest BCUT2D eigenvalue weighted by Crippen LogP contribution is 2.24. The minimum absolute atomic E-state index is 0.0355. The molecule has 0 saturated heterocycles. The van der Waals surface area contributed by atoms with E-state index in [1.807, 2.05) is 54.6 Å². The van der Waals surface area contributed by atoms with Crippen LogP contribution in [0, 0.1) is 0 Å². The van der Waals surface area contributed by atoms with Crippen molar-refractivity contribution in [1.29, 1.82) is 0 Å². The zero-order valence-electron chi connectivity index (χ0n) is 18.4. The fourth-order valence-corrected chi connectivity index (χ4v) is 4.32. The molecule has 0 aliphatic rings. The third-order valence-electron chi connectivity index (χ3n) is 5.10. The summed E-state index contributed by atoms with van der Waals surface area (Å²) < 4.78 is 32.6. The fourth-order valence-electron chi connectivity index (χ4n) is 3.29. The van der Waals surface area contributed by atoms with Crippen LogP contribution in [0.2, 0.25) is 0 Å². The lowest BCUT2D eigenvalue weighted by molar-refractivity contribution is -0.121. The Morgan fingerprint density at radius 3 is 2.06 bits per heavy atom. The van der Waals surface area contributed by atoms with Gasteiger partial charge in [0.2, 0.25) is 15.9 Å². The molecule has 0 fully saturated rings. The smallest absolute Gasteiger partial charge is 0.240 e. The molecule has 7 nitrogen and oxygen atoms in total.